The van der Waals surface area contributed by atoms with E-state index in [0.717, 1.165) is 5.69 Å². The van der Waals surface area contributed by atoms with E-state index in [4.69, 9.17) is 11.6 Å². The second-order valence-corrected chi connectivity index (χ2v) is 6.94. The van der Waals surface area contributed by atoms with Crippen molar-refractivity contribution in [1.29, 1.82) is 0 Å². The van der Waals surface area contributed by atoms with Crippen LogP contribution in [0.3, 0.4) is 0 Å². The van der Waals surface area contributed by atoms with Gasteiger partial charge in [-0.15, -0.1) is 0 Å². The van der Waals surface area contributed by atoms with Crippen LogP contribution in [0.4, 0.5) is 17.2 Å². The van der Waals surface area contributed by atoms with Crippen molar-refractivity contribution < 1.29 is 8.42 Å². The number of hydrogen-bond acceptors (Lipinski definition) is 5. The van der Waals surface area contributed by atoms with Crippen LogP contribution in [-0.4, -0.2) is 18.4 Å². The molecule has 2 N–H and O–H groups in total. The Morgan fingerprint density at radius 1 is 0.958 bits per heavy atom. The molecule has 0 atom stereocenters. The van der Waals surface area contributed by atoms with Gasteiger partial charge in [0.05, 0.1) is 5.69 Å². The number of aromatic nitrogens is 2. The van der Waals surface area contributed by atoms with Crippen molar-refractivity contribution in [2.45, 2.75) is 4.90 Å². The zero-order valence-electron chi connectivity index (χ0n) is 12.3. The van der Waals surface area contributed by atoms with Crippen molar-refractivity contribution >= 4 is 38.8 Å². The van der Waals surface area contributed by atoms with E-state index < -0.39 is 10.0 Å². The number of benzene rings is 1. The SMILES string of the molecule is O=S(=O)(Nc1cccnc1Nc1ccc(Cl)cc1)c1cccnc1. The minimum Gasteiger partial charge on any atom is -0.338 e. The van der Waals surface area contributed by atoms with E-state index in [1.165, 1.54) is 18.5 Å². The lowest BCUT2D eigenvalue weighted by atomic mass is 10.3. The minimum atomic E-state index is -3.75. The van der Waals surface area contributed by atoms with Crippen LogP contribution in [-0.2, 0) is 10.0 Å². The zero-order chi connectivity index (χ0) is 17.0. The molecular weight excluding hydrogens is 348 g/mol. The number of pyridine rings is 2. The van der Waals surface area contributed by atoms with Crippen molar-refractivity contribution in [3.8, 4) is 0 Å². The Bertz CT molecular complexity index is 932. The Labute approximate surface area is 144 Å². The highest BCUT2D eigenvalue weighted by Gasteiger charge is 2.16. The van der Waals surface area contributed by atoms with E-state index in [9.17, 15) is 8.42 Å². The summed E-state index contributed by atoms with van der Waals surface area (Å²) in [4.78, 5) is 8.09. The molecule has 0 saturated carbocycles. The number of anilines is 3. The molecule has 3 aromatic rings. The number of halogens is 1. The van der Waals surface area contributed by atoms with Gasteiger partial charge in [-0.05, 0) is 48.5 Å². The zero-order valence-corrected chi connectivity index (χ0v) is 13.9. The molecule has 0 aliphatic rings. The molecule has 122 valence electrons. The fourth-order valence-electron chi connectivity index (χ4n) is 1.97. The number of sulfonamides is 1. The lowest BCUT2D eigenvalue weighted by Gasteiger charge is -2.13. The summed E-state index contributed by atoms with van der Waals surface area (Å²) < 4.78 is 27.4. The van der Waals surface area contributed by atoms with Gasteiger partial charge in [-0.25, -0.2) is 13.4 Å². The summed E-state index contributed by atoms with van der Waals surface area (Å²) in [5.74, 6) is 0.382. The molecule has 0 aliphatic heterocycles. The van der Waals surface area contributed by atoms with Crippen LogP contribution in [0, 0.1) is 0 Å². The Morgan fingerprint density at radius 2 is 1.71 bits per heavy atom. The molecule has 0 aliphatic carbocycles. The van der Waals surface area contributed by atoms with Gasteiger partial charge in [0.25, 0.3) is 10.0 Å². The molecule has 1 aromatic carbocycles. The van der Waals surface area contributed by atoms with Crippen molar-refractivity contribution in [1.82, 2.24) is 9.97 Å². The maximum absolute atomic E-state index is 12.4. The molecule has 2 aromatic heterocycles. The van der Waals surface area contributed by atoms with Crippen molar-refractivity contribution in [3.05, 3.63) is 72.1 Å². The van der Waals surface area contributed by atoms with Gasteiger partial charge in [0.1, 0.15) is 4.90 Å². The van der Waals surface area contributed by atoms with Gasteiger partial charge in [0, 0.05) is 29.3 Å². The van der Waals surface area contributed by atoms with Crippen LogP contribution in [0.2, 0.25) is 5.02 Å². The summed E-state index contributed by atoms with van der Waals surface area (Å²) >= 11 is 5.86. The average Bonchev–Trinajstić information content (AvgIpc) is 2.59. The van der Waals surface area contributed by atoms with E-state index in [1.807, 2.05) is 0 Å². The molecule has 0 spiro atoms. The first-order chi connectivity index (χ1) is 11.5. The minimum absolute atomic E-state index is 0.0753. The predicted molar refractivity (Wildman–Crippen MR) is 94.0 cm³/mol. The highest BCUT2D eigenvalue weighted by Crippen LogP contribution is 2.25. The van der Waals surface area contributed by atoms with Crippen LogP contribution in [0.5, 0.6) is 0 Å². The average molecular weight is 361 g/mol. The fourth-order valence-corrected chi connectivity index (χ4v) is 3.12. The van der Waals surface area contributed by atoms with E-state index >= 15 is 0 Å². The molecule has 0 unspecified atom stereocenters. The van der Waals surface area contributed by atoms with Crippen LogP contribution in [0.15, 0.2) is 72.0 Å². The Morgan fingerprint density at radius 3 is 2.42 bits per heavy atom. The molecule has 0 bridgehead atoms. The molecule has 8 heteroatoms. The summed E-state index contributed by atoms with van der Waals surface area (Å²) in [6, 6.07) is 13.3. The fraction of sp³-hybridized carbons (Fsp3) is 0. The summed E-state index contributed by atoms with van der Waals surface area (Å²) in [6.45, 7) is 0. The van der Waals surface area contributed by atoms with E-state index in [1.54, 1.807) is 48.7 Å². The quantitative estimate of drug-likeness (QED) is 0.725. The smallest absolute Gasteiger partial charge is 0.263 e. The number of nitrogens with zero attached hydrogens (tertiary/aromatic N) is 2. The van der Waals surface area contributed by atoms with Crippen molar-refractivity contribution in [2.75, 3.05) is 10.0 Å². The largest absolute Gasteiger partial charge is 0.338 e. The first kappa shape index (κ1) is 16.2. The van der Waals surface area contributed by atoms with Crippen LogP contribution in [0.1, 0.15) is 0 Å². The second-order valence-electron chi connectivity index (χ2n) is 4.83. The molecule has 0 saturated heterocycles. The number of hydrogen-bond donors (Lipinski definition) is 2. The van der Waals surface area contributed by atoms with Crippen molar-refractivity contribution in [2.24, 2.45) is 0 Å². The third-order valence-electron chi connectivity index (χ3n) is 3.10. The lowest BCUT2D eigenvalue weighted by Crippen LogP contribution is -2.14. The molecule has 3 rings (SSSR count). The second kappa shape index (κ2) is 6.86. The molecule has 0 amide bonds. The Hall–Kier alpha value is -2.64. The van der Waals surface area contributed by atoms with Crippen molar-refractivity contribution in [3.63, 3.8) is 0 Å². The maximum Gasteiger partial charge on any atom is 0.263 e. The van der Waals surface area contributed by atoms with Crippen LogP contribution >= 0.6 is 11.6 Å². The van der Waals surface area contributed by atoms with Gasteiger partial charge in [-0.1, -0.05) is 11.6 Å². The first-order valence-corrected chi connectivity index (χ1v) is 8.81. The van der Waals surface area contributed by atoms with E-state index in [-0.39, 0.29) is 4.90 Å². The highest BCUT2D eigenvalue weighted by molar-refractivity contribution is 7.92. The van der Waals surface area contributed by atoms with Gasteiger partial charge in [-0.3, -0.25) is 9.71 Å². The predicted octanol–water partition coefficient (Wildman–Crippen LogP) is 3.67. The van der Waals surface area contributed by atoms with Crippen LogP contribution < -0.4 is 10.0 Å². The molecule has 2 heterocycles. The molecule has 24 heavy (non-hydrogen) atoms. The third-order valence-corrected chi connectivity index (χ3v) is 4.71. The summed E-state index contributed by atoms with van der Waals surface area (Å²) in [5, 5.41) is 3.67. The van der Waals surface area contributed by atoms with Crippen LogP contribution in [0.25, 0.3) is 0 Å². The first-order valence-electron chi connectivity index (χ1n) is 6.95. The number of rotatable bonds is 5. The highest BCUT2D eigenvalue weighted by atomic mass is 35.5. The monoisotopic (exact) mass is 360 g/mol. The molecule has 6 nitrogen and oxygen atoms in total. The Kier molecular flexibility index (Phi) is 4.64. The molecule has 0 fully saturated rings. The molecule has 0 radical (unpaired) electrons. The standard InChI is InChI=1S/C16H13ClN4O2S/c17-12-5-7-13(8-6-12)20-16-15(4-2-10-19-16)21-24(22,23)14-3-1-9-18-11-14/h1-11,21H,(H,19,20). The normalized spacial score (nSPS) is 11.0. The van der Waals surface area contributed by atoms with Gasteiger partial charge < -0.3 is 5.32 Å². The topological polar surface area (TPSA) is 84.0 Å². The summed E-state index contributed by atoms with van der Waals surface area (Å²) in [6.07, 6.45) is 4.36. The molecular formula is C16H13ClN4O2S. The third kappa shape index (κ3) is 3.81. The summed E-state index contributed by atoms with van der Waals surface area (Å²) in [7, 11) is -3.75. The number of nitrogens with one attached hydrogen (secondary N) is 2. The van der Waals surface area contributed by atoms with Gasteiger partial charge in [-0.2, -0.15) is 0 Å². The Balaban J connectivity index is 1.88. The summed E-state index contributed by atoms with van der Waals surface area (Å²) in [5.41, 5.74) is 1.07. The van der Waals surface area contributed by atoms with Gasteiger partial charge >= 0.3 is 0 Å². The lowest BCUT2D eigenvalue weighted by molar-refractivity contribution is 0.601. The van der Waals surface area contributed by atoms with E-state index in [2.05, 4.69) is 20.0 Å². The van der Waals surface area contributed by atoms with E-state index in [0.29, 0.717) is 16.5 Å². The van der Waals surface area contributed by atoms with Gasteiger partial charge in [0.2, 0.25) is 0 Å². The maximum atomic E-state index is 12.4. The van der Waals surface area contributed by atoms with Gasteiger partial charge in [0.15, 0.2) is 5.82 Å².